The molecule has 0 aromatic heterocycles. The zero-order valence-corrected chi connectivity index (χ0v) is 18.0. The van der Waals surface area contributed by atoms with Gasteiger partial charge in [0.25, 0.3) is 5.91 Å². The number of ether oxygens (including phenoxy) is 1. The van der Waals surface area contributed by atoms with Crippen LogP contribution in [0.3, 0.4) is 0 Å². The van der Waals surface area contributed by atoms with E-state index in [4.69, 9.17) is 27.9 Å². The van der Waals surface area contributed by atoms with E-state index in [1.54, 1.807) is 31.2 Å². The number of benzene rings is 2. The molecule has 0 spiro atoms. The van der Waals surface area contributed by atoms with Gasteiger partial charge in [0.2, 0.25) is 0 Å². The van der Waals surface area contributed by atoms with E-state index in [-0.39, 0.29) is 35.1 Å². The third kappa shape index (κ3) is 5.21. The fourth-order valence-electron chi connectivity index (χ4n) is 3.28. The van der Waals surface area contributed by atoms with Gasteiger partial charge in [0.05, 0.1) is 23.1 Å². The van der Waals surface area contributed by atoms with Gasteiger partial charge in [-0.1, -0.05) is 41.4 Å². The maximum absolute atomic E-state index is 14.3. The molecular weight excluding hydrogens is 440 g/mol. The highest BCUT2D eigenvalue weighted by Crippen LogP contribution is 2.28. The molecular formula is C20H20Cl2FNO4S. The minimum absolute atomic E-state index is 0.0216. The van der Waals surface area contributed by atoms with Gasteiger partial charge in [-0.25, -0.2) is 12.8 Å². The largest absolute Gasteiger partial charge is 0.479 e. The Morgan fingerprint density at radius 1 is 1.21 bits per heavy atom. The Labute approximate surface area is 179 Å². The summed E-state index contributed by atoms with van der Waals surface area (Å²) in [6, 6.07) is 10.4. The van der Waals surface area contributed by atoms with Gasteiger partial charge in [0, 0.05) is 16.6 Å². The Morgan fingerprint density at radius 2 is 1.90 bits per heavy atom. The summed E-state index contributed by atoms with van der Waals surface area (Å²) in [4.78, 5) is 14.5. The number of para-hydroxylation sites is 1. The third-order valence-corrected chi connectivity index (χ3v) is 7.23. The van der Waals surface area contributed by atoms with Crippen LogP contribution in [-0.4, -0.2) is 42.9 Å². The molecule has 29 heavy (non-hydrogen) atoms. The summed E-state index contributed by atoms with van der Waals surface area (Å²) in [5, 5.41) is 0.516. The van der Waals surface area contributed by atoms with Crippen LogP contribution in [0.15, 0.2) is 42.5 Å². The molecule has 9 heteroatoms. The highest BCUT2D eigenvalue weighted by molar-refractivity contribution is 7.91. The van der Waals surface area contributed by atoms with Gasteiger partial charge in [0.1, 0.15) is 11.6 Å². The minimum atomic E-state index is -3.26. The standard InChI is InChI=1S/C20H20Cl2FNO4S/c1-13(28-19-8-3-2-5-17(19)22)20(25)24(14-9-10-29(26,27)12-14)11-15-16(21)6-4-7-18(15)23/h2-8,13-14H,9-12H2,1H3. The van der Waals surface area contributed by atoms with E-state index in [1.807, 2.05) is 0 Å². The summed E-state index contributed by atoms with van der Waals surface area (Å²) in [5.74, 6) is -0.893. The molecule has 1 amide bonds. The van der Waals surface area contributed by atoms with Crippen LogP contribution in [0.25, 0.3) is 0 Å². The summed E-state index contributed by atoms with van der Waals surface area (Å²) in [6.07, 6.45) is -0.678. The first-order valence-corrected chi connectivity index (χ1v) is 11.6. The molecule has 0 bridgehead atoms. The van der Waals surface area contributed by atoms with Crippen LogP contribution in [0.5, 0.6) is 5.75 Å². The molecule has 1 saturated heterocycles. The maximum atomic E-state index is 14.3. The Hall–Kier alpha value is -1.83. The Kier molecular flexibility index (Phi) is 6.71. The van der Waals surface area contributed by atoms with Crippen LogP contribution in [0.1, 0.15) is 18.9 Å². The zero-order valence-electron chi connectivity index (χ0n) is 15.6. The number of hydrogen-bond donors (Lipinski definition) is 0. The monoisotopic (exact) mass is 459 g/mol. The van der Waals surface area contributed by atoms with Crippen molar-refractivity contribution >= 4 is 38.9 Å². The Bertz CT molecular complexity index is 995. The van der Waals surface area contributed by atoms with Crippen molar-refractivity contribution in [2.24, 2.45) is 0 Å². The molecule has 1 aliphatic heterocycles. The van der Waals surface area contributed by atoms with Crippen molar-refractivity contribution in [1.82, 2.24) is 4.90 Å². The van der Waals surface area contributed by atoms with Crippen molar-refractivity contribution < 1.29 is 22.3 Å². The molecule has 156 valence electrons. The maximum Gasteiger partial charge on any atom is 0.263 e. The quantitative estimate of drug-likeness (QED) is 0.651. The molecule has 5 nitrogen and oxygen atoms in total. The zero-order chi connectivity index (χ0) is 21.2. The molecule has 3 rings (SSSR count). The average molecular weight is 460 g/mol. The van der Waals surface area contributed by atoms with Crippen LogP contribution in [0.2, 0.25) is 10.0 Å². The van der Waals surface area contributed by atoms with Gasteiger partial charge in [-0.2, -0.15) is 0 Å². The number of hydrogen-bond acceptors (Lipinski definition) is 4. The number of halogens is 3. The Morgan fingerprint density at radius 3 is 2.52 bits per heavy atom. The van der Waals surface area contributed by atoms with E-state index in [0.29, 0.717) is 10.8 Å². The molecule has 0 saturated carbocycles. The number of rotatable bonds is 6. The molecule has 0 N–H and O–H groups in total. The van der Waals surface area contributed by atoms with Crippen LogP contribution < -0.4 is 4.74 Å². The number of amides is 1. The molecule has 2 aromatic carbocycles. The summed E-state index contributed by atoms with van der Waals surface area (Å²) in [7, 11) is -3.26. The fourth-order valence-corrected chi connectivity index (χ4v) is 5.41. The topological polar surface area (TPSA) is 63.7 Å². The minimum Gasteiger partial charge on any atom is -0.479 e. The molecule has 0 radical (unpaired) electrons. The van der Waals surface area contributed by atoms with E-state index < -0.39 is 33.7 Å². The smallest absolute Gasteiger partial charge is 0.263 e. The van der Waals surface area contributed by atoms with E-state index in [0.717, 1.165) is 0 Å². The highest BCUT2D eigenvalue weighted by Gasteiger charge is 2.37. The predicted molar refractivity (Wildman–Crippen MR) is 111 cm³/mol. The summed E-state index contributed by atoms with van der Waals surface area (Å²) >= 11 is 12.2. The molecule has 2 aromatic rings. The first kappa shape index (κ1) is 21.9. The lowest BCUT2D eigenvalue weighted by Gasteiger charge is -2.31. The molecule has 2 atom stereocenters. The normalized spacial score (nSPS) is 19.0. The van der Waals surface area contributed by atoms with Gasteiger partial charge in [-0.05, 0) is 37.6 Å². The van der Waals surface area contributed by atoms with Crippen LogP contribution >= 0.6 is 23.2 Å². The molecule has 0 aliphatic carbocycles. The first-order chi connectivity index (χ1) is 13.7. The summed E-state index contributed by atoms with van der Waals surface area (Å²) in [5.41, 5.74) is 0.136. The Balaban J connectivity index is 1.88. The van der Waals surface area contributed by atoms with Gasteiger partial charge >= 0.3 is 0 Å². The van der Waals surface area contributed by atoms with E-state index in [2.05, 4.69) is 0 Å². The molecule has 1 aliphatic rings. The van der Waals surface area contributed by atoms with Gasteiger partial charge in [0.15, 0.2) is 15.9 Å². The second kappa shape index (κ2) is 8.90. The number of carbonyl (C=O) groups is 1. The van der Waals surface area contributed by atoms with Crippen molar-refractivity contribution in [3.8, 4) is 5.75 Å². The predicted octanol–water partition coefficient (Wildman–Crippen LogP) is 4.12. The molecule has 1 fully saturated rings. The van der Waals surface area contributed by atoms with E-state index in [9.17, 15) is 17.6 Å². The van der Waals surface area contributed by atoms with E-state index in [1.165, 1.54) is 23.1 Å². The fraction of sp³-hybridized carbons (Fsp3) is 0.350. The average Bonchev–Trinajstić information content (AvgIpc) is 3.02. The van der Waals surface area contributed by atoms with Crippen LogP contribution in [0, 0.1) is 5.82 Å². The van der Waals surface area contributed by atoms with Gasteiger partial charge in [-0.3, -0.25) is 4.79 Å². The van der Waals surface area contributed by atoms with Crippen molar-refractivity contribution in [1.29, 1.82) is 0 Å². The SMILES string of the molecule is CC(Oc1ccccc1Cl)C(=O)N(Cc1c(F)cccc1Cl)C1CCS(=O)(=O)C1. The number of nitrogens with zero attached hydrogens (tertiary/aromatic N) is 1. The summed E-state index contributed by atoms with van der Waals surface area (Å²) in [6.45, 7) is 1.39. The summed E-state index contributed by atoms with van der Waals surface area (Å²) < 4.78 is 44.0. The number of sulfone groups is 1. The second-order valence-corrected chi connectivity index (χ2v) is 9.96. The van der Waals surface area contributed by atoms with Crippen molar-refractivity contribution in [3.05, 3.63) is 63.9 Å². The van der Waals surface area contributed by atoms with Crippen LogP contribution in [0.4, 0.5) is 4.39 Å². The van der Waals surface area contributed by atoms with E-state index >= 15 is 0 Å². The van der Waals surface area contributed by atoms with Crippen molar-refractivity contribution in [2.75, 3.05) is 11.5 Å². The highest BCUT2D eigenvalue weighted by atomic mass is 35.5. The lowest BCUT2D eigenvalue weighted by molar-refractivity contribution is -0.140. The van der Waals surface area contributed by atoms with Crippen molar-refractivity contribution in [3.63, 3.8) is 0 Å². The third-order valence-electron chi connectivity index (χ3n) is 4.81. The lowest BCUT2D eigenvalue weighted by atomic mass is 10.1. The van der Waals surface area contributed by atoms with Gasteiger partial charge in [-0.15, -0.1) is 0 Å². The van der Waals surface area contributed by atoms with Crippen molar-refractivity contribution in [2.45, 2.75) is 32.0 Å². The second-order valence-electron chi connectivity index (χ2n) is 6.91. The van der Waals surface area contributed by atoms with Crippen LogP contribution in [-0.2, 0) is 21.2 Å². The first-order valence-electron chi connectivity index (χ1n) is 9.03. The number of carbonyl (C=O) groups excluding carboxylic acids is 1. The van der Waals surface area contributed by atoms with Gasteiger partial charge < -0.3 is 9.64 Å². The molecule has 1 heterocycles. The molecule has 2 unspecified atom stereocenters. The lowest BCUT2D eigenvalue weighted by Crippen LogP contribution is -2.46.